The van der Waals surface area contributed by atoms with Gasteiger partial charge in [-0.05, 0) is 35.3 Å². The van der Waals surface area contributed by atoms with Crippen molar-refractivity contribution in [3.63, 3.8) is 0 Å². The molecule has 21 heavy (non-hydrogen) atoms. The fourth-order valence-electron chi connectivity index (χ4n) is 2.22. The van der Waals surface area contributed by atoms with Gasteiger partial charge >= 0.3 is 0 Å². The van der Waals surface area contributed by atoms with Gasteiger partial charge in [-0.3, -0.25) is 4.79 Å². The number of aromatic nitrogens is 1. The van der Waals surface area contributed by atoms with E-state index in [1.807, 2.05) is 6.92 Å². The Morgan fingerprint density at radius 1 is 1.43 bits per heavy atom. The number of carbonyl (C=O) groups excluding carboxylic acids is 1. The van der Waals surface area contributed by atoms with E-state index in [0.717, 1.165) is 4.47 Å². The Morgan fingerprint density at radius 2 is 2.19 bits per heavy atom. The summed E-state index contributed by atoms with van der Waals surface area (Å²) in [6.45, 7) is 3.27. The Bertz CT molecular complexity index is 634. The van der Waals surface area contributed by atoms with Crippen molar-refractivity contribution in [2.75, 3.05) is 36.5 Å². The van der Waals surface area contributed by atoms with Gasteiger partial charge in [-0.2, -0.15) is 0 Å². The van der Waals surface area contributed by atoms with Gasteiger partial charge in [0, 0.05) is 30.3 Å². The smallest absolute Gasteiger partial charge is 0.257 e. The van der Waals surface area contributed by atoms with Gasteiger partial charge in [0.25, 0.3) is 5.91 Å². The van der Waals surface area contributed by atoms with Crippen molar-refractivity contribution in [1.82, 2.24) is 9.88 Å². The molecule has 1 N–H and O–H groups in total. The van der Waals surface area contributed by atoms with Crippen LogP contribution < -0.4 is 5.32 Å². The summed E-state index contributed by atoms with van der Waals surface area (Å²) < 4.78 is 24.0. The minimum absolute atomic E-state index is 0.0245. The molecule has 1 aromatic heterocycles. The molecule has 0 aliphatic carbocycles. The number of anilines is 1. The molecule has 0 atom stereocenters. The third-order valence-electron chi connectivity index (χ3n) is 3.27. The molecule has 116 valence electrons. The van der Waals surface area contributed by atoms with E-state index in [4.69, 9.17) is 0 Å². The number of nitrogens with zero attached hydrogens (tertiary/aromatic N) is 2. The van der Waals surface area contributed by atoms with E-state index in [-0.39, 0.29) is 24.0 Å². The van der Waals surface area contributed by atoms with Crippen LogP contribution in [-0.4, -0.2) is 55.3 Å². The highest BCUT2D eigenvalue weighted by atomic mass is 79.9. The molecule has 0 spiro atoms. The van der Waals surface area contributed by atoms with Crippen LogP contribution in [0.4, 0.5) is 5.82 Å². The number of rotatable bonds is 3. The van der Waals surface area contributed by atoms with Crippen molar-refractivity contribution >= 4 is 37.5 Å². The molecule has 8 heteroatoms. The molecule has 2 rings (SSSR count). The Labute approximate surface area is 133 Å². The summed E-state index contributed by atoms with van der Waals surface area (Å²) in [7, 11) is -3.03. The molecule has 1 aromatic rings. The molecular formula is C13H18BrN3O3S. The molecule has 1 aliphatic rings. The number of pyridine rings is 1. The Hall–Kier alpha value is -1.15. The topological polar surface area (TPSA) is 79.4 Å². The van der Waals surface area contributed by atoms with Gasteiger partial charge in [0.05, 0.1) is 17.1 Å². The zero-order chi connectivity index (χ0) is 15.5. The second kappa shape index (κ2) is 6.74. The van der Waals surface area contributed by atoms with Gasteiger partial charge in [0.1, 0.15) is 5.82 Å². The molecule has 1 amide bonds. The molecule has 0 radical (unpaired) electrons. The van der Waals surface area contributed by atoms with Crippen LogP contribution in [0.25, 0.3) is 0 Å². The van der Waals surface area contributed by atoms with Crippen LogP contribution in [-0.2, 0) is 9.84 Å². The molecule has 1 aliphatic heterocycles. The summed E-state index contributed by atoms with van der Waals surface area (Å²) in [5.41, 5.74) is 0.463. The lowest BCUT2D eigenvalue weighted by Gasteiger charge is -2.21. The second-order valence-corrected chi connectivity index (χ2v) is 8.10. The Morgan fingerprint density at radius 3 is 2.90 bits per heavy atom. The van der Waals surface area contributed by atoms with E-state index in [2.05, 4.69) is 26.2 Å². The maximum Gasteiger partial charge on any atom is 0.257 e. The van der Waals surface area contributed by atoms with Crippen LogP contribution in [0.15, 0.2) is 16.7 Å². The van der Waals surface area contributed by atoms with Crippen molar-refractivity contribution in [1.29, 1.82) is 0 Å². The lowest BCUT2D eigenvalue weighted by atomic mass is 10.2. The minimum atomic E-state index is -3.03. The van der Waals surface area contributed by atoms with Crippen molar-refractivity contribution in [3.8, 4) is 0 Å². The lowest BCUT2D eigenvalue weighted by molar-refractivity contribution is 0.0769. The summed E-state index contributed by atoms with van der Waals surface area (Å²) in [6.07, 6.45) is 2.10. The second-order valence-electron chi connectivity index (χ2n) is 4.88. The van der Waals surface area contributed by atoms with Crippen molar-refractivity contribution in [3.05, 3.63) is 22.3 Å². The van der Waals surface area contributed by atoms with Gasteiger partial charge in [0.2, 0.25) is 0 Å². The molecule has 1 saturated heterocycles. The molecular weight excluding hydrogens is 358 g/mol. The first-order valence-corrected chi connectivity index (χ1v) is 9.43. The first-order chi connectivity index (χ1) is 9.93. The molecule has 0 bridgehead atoms. The van der Waals surface area contributed by atoms with Gasteiger partial charge < -0.3 is 10.2 Å². The number of sulfone groups is 1. The Kier molecular flexibility index (Phi) is 5.21. The average Bonchev–Trinajstić information content (AvgIpc) is 2.61. The first kappa shape index (κ1) is 16.2. The maximum atomic E-state index is 12.6. The van der Waals surface area contributed by atoms with Crippen LogP contribution >= 0.6 is 15.9 Å². The SMILES string of the molecule is CCNc1ncc(Br)cc1C(=O)N1CCCS(=O)(=O)CC1. The van der Waals surface area contributed by atoms with E-state index in [9.17, 15) is 13.2 Å². The van der Waals surface area contributed by atoms with Crippen LogP contribution in [0.1, 0.15) is 23.7 Å². The fraction of sp³-hybridized carbons (Fsp3) is 0.538. The van der Waals surface area contributed by atoms with E-state index in [0.29, 0.717) is 30.9 Å². The van der Waals surface area contributed by atoms with Crippen LogP contribution in [0, 0.1) is 0 Å². The third kappa shape index (κ3) is 4.16. The summed E-state index contributed by atoms with van der Waals surface area (Å²) in [5, 5.41) is 3.06. The third-order valence-corrected chi connectivity index (χ3v) is 5.42. The number of nitrogens with one attached hydrogen (secondary N) is 1. The van der Waals surface area contributed by atoms with Crippen LogP contribution in [0.5, 0.6) is 0 Å². The molecule has 1 fully saturated rings. The van der Waals surface area contributed by atoms with Crippen LogP contribution in [0.3, 0.4) is 0 Å². The number of hydrogen-bond acceptors (Lipinski definition) is 5. The normalized spacial score (nSPS) is 18.1. The van der Waals surface area contributed by atoms with E-state index >= 15 is 0 Å². The average molecular weight is 376 g/mol. The predicted octanol–water partition coefficient (Wildman–Crippen LogP) is 1.54. The zero-order valence-corrected chi connectivity index (χ0v) is 14.2. The van der Waals surface area contributed by atoms with E-state index in [1.54, 1.807) is 17.2 Å². The number of carbonyl (C=O) groups is 1. The molecule has 6 nitrogen and oxygen atoms in total. The first-order valence-electron chi connectivity index (χ1n) is 6.82. The van der Waals surface area contributed by atoms with Gasteiger partial charge in [0.15, 0.2) is 9.84 Å². The summed E-state index contributed by atoms with van der Waals surface area (Å²) in [6, 6.07) is 1.71. The maximum absolute atomic E-state index is 12.6. The van der Waals surface area contributed by atoms with Crippen molar-refractivity contribution < 1.29 is 13.2 Å². The highest BCUT2D eigenvalue weighted by molar-refractivity contribution is 9.10. The number of halogens is 1. The quantitative estimate of drug-likeness (QED) is 0.866. The standard InChI is InChI=1S/C13H18BrN3O3S/c1-2-15-12-11(8-10(14)9-16-12)13(18)17-4-3-6-21(19,20)7-5-17/h8-9H,2-7H2,1H3,(H,15,16). The number of amides is 1. The van der Waals surface area contributed by atoms with Crippen molar-refractivity contribution in [2.45, 2.75) is 13.3 Å². The molecule has 2 heterocycles. The molecule has 0 unspecified atom stereocenters. The largest absolute Gasteiger partial charge is 0.370 e. The van der Waals surface area contributed by atoms with Gasteiger partial charge in [-0.25, -0.2) is 13.4 Å². The van der Waals surface area contributed by atoms with Gasteiger partial charge in [-0.1, -0.05) is 0 Å². The minimum Gasteiger partial charge on any atom is -0.370 e. The summed E-state index contributed by atoms with van der Waals surface area (Å²) in [4.78, 5) is 18.4. The highest BCUT2D eigenvalue weighted by Gasteiger charge is 2.25. The number of hydrogen-bond donors (Lipinski definition) is 1. The highest BCUT2D eigenvalue weighted by Crippen LogP contribution is 2.20. The monoisotopic (exact) mass is 375 g/mol. The summed E-state index contributed by atoms with van der Waals surface area (Å²) >= 11 is 3.32. The summed E-state index contributed by atoms with van der Waals surface area (Å²) in [5.74, 6) is 0.513. The molecule has 0 saturated carbocycles. The van der Waals surface area contributed by atoms with E-state index < -0.39 is 9.84 Å². The Balaban J connectivity index is 2.25. The predicted molar refractivity (Wildman–Crippen MR) is 85.3 cm³/mol. The van der Waals surface area contributed by atoms with Crippen molar-refractivity contribution in [2.24, 2.45) is 0 Å². The zero-order valence-electron chi connectivity index (χ0n) is 11.8. The lowest BCUT2D eigenvalue weighted by Crippen LogP contribution is -2.34. The van der Waals surface area contributed by atoms with Crippen LogP contribution in [0.2, 0.25) is 0 Å². The van der Waals surface area contributed by atoms with E-state index in [1.165, 1.54) is 0 Å². The molecule has 0 aromatic carbocycles. The fourth-order valence-corrected chi connectivity index (χ4v) is 3.83. The van der Waals surface area contributed by atoms with Gasteiger partial charge in [-0.15, -0.1) is 0 Å².